The summed E-state index contributed by atoms with van der Waals surface area (Å²) in [5, 5.41) is 3.83. The molecule has 6 nitrogen and oxygen atoms in total. The van der Waals surface area contributed by atoms with E-state index >= 15 is 0 Å². The quantitative estimate of drug-likeness (QED) is 0.475. The van der Waals surface area contributed by atoms with Gasteiger partial charge in [0.05, 0.1) is 14.2 Å². The second-order valence-electron chi connectivity index (χ2n) is 7.46. The van der Waals surface area contributed by atoms with Crippen molar-refractivity contribution in [3.8, 4) is 22.6 Å². The minimum Gasteiger partial charge on any atom is -0.497 e. The van der Waals surface area contributed by atoms with Gasteiger partial charge in [-0.3, -0.25) is 9.59 Å². The molecule has 1 heterocycles. The third-order valence-electron chi connectivity index (χ3n) is 5.56. The number of aryl methyl sites for hydroxylation is 1. The predicted molar refractivity (Wildman–Crippen MR) is 125 cm³/mol. The lowest BCUT2D eigenvalue weighted by atomic mass is 10.0. The van der Waals surface area contributed by atoms with Gasteiger partial charge < -0.3 is 19.8 Å². The highest BCUT2D eigenvalue weighted by atomic mass is 16.5. The van der Waals surface area contributed by atoms with Crippen molar-refractivity contribution < 1.29 is 14.3 Å². The van der Waals surface area contributed by atoms with Gasteiger partial charge in [-0.25, -0.2) is 0 Å². The summed E-state index contributed by atoms with van der Waals surface area (Å²) >= 11 is 0. The molecule has 1 aromatic heterocycles. The number of pyridine rings is 1. The number of amides is 1. The Morgan fingerprint density at radius 3 is 2.22 bits per heavy atom. The van der Waals surface area contributed by atoms with E-state index < -0.39 is 0 Å². The molecule has 4 rings (SSSR count). The molecule has 4 aromatic rings. The second kappa shape index (κ2) is 8.98. The summed E-state index contributed by atoms with van der Waals surface area (Å²) < 4.78 is 10.7. The van der Waals surface area contributed by atoms with Gasteiger partial charge in [-0.2, -0.15) is 0 Å². The van der Waals surface area contributed by atoms with Crippen LogP contribution in [0.2, 0.25) is 0 Å². The lowest BCUT2D eigenvalue weighted by Crippen LogP contribution is -2.27. The van der Waals surface area contributed by atoms with E-state index in [4.69, 9.17) is 9.47 Å². The number of nitrogens with one attached hydrogen (secondary N) is 2. The first-order valence-electron chi connectivity index (χ1n) is 10.2. The standard InChI is InChI=1S/C26H24N2O4/c1-16-22-6-4-5-7-24(22)28-26(30)23(16)15-27-25(29)18-10-8-17(9-11-18)19-12-20(31-2)14-21(13-19)32-3/h4-14H,15H2,1-3H3,(H,27,29)(H,28,30). The van der Waals surface area contributed by atoms with Gasteiger partial charge in [0.1, 0.15) is 11.5 Å². The number of fused-ring (bicyclic) bond motifs is 1. The van der Waals surface area contributed by atoms with E-state index in [9.17, 15) is 9.59 Å². The average molecular weight is 428 g/mol. The fraction of sp³-hybridized carbons (Fsp3) is 0.154. The molecule has 0 aliphatic heterocycles. The van der Waals surface area contributed by atoms with Crippen LogP contribution in [0.4, 0.5) is 0 Å². The average Bonchev–Trinajstić information content (AvgIpc) is 2.83. The number of aromatic amines is 1. The molecule has 0 saturated carbocycles. The second-order valence-corrected chi connectivity index (χ2v) is 7.46. The molecule has 0 bridgehead atoms. The van der Waals surface area contributed by atoms with Crippen molar-refractivity contribution in [2.24, 2.45) is 0 Å². The fourth-order valence-electron chi connectivity index (χ4n) is 3.72. The van der Waals surface area contributed by atoms with Crippen molar-refractivity contribution in [1.82, 2.24) is 10.3 Å². The zero-order chi connectivity index (χ0) is 22.7. The maximum absolute atomic E-state index is 12.7. The van der Waals surface area contributed by atoms with Gasteiger partial charge in [0.15, 0.2) is 0 Å². The number of carbonyl (C=O) groups is 1. The number of benzene rings is 3. The zero-order valence-electron chi connectivity index (χ0n) is 18.2. The SMILES string of the molecule is COc1cc(OC)cc(-c2ccc(C(=O)NCc3c(C)c4ccccc4[nH]c3=O)cc2)c1. The number of methoxy groups -OCH3 is 2. The lowest BCUT2D eigenvalue weighted by Gasteiger charge is -2.11. The summed E-state index contributed by atoms with van der Waals surface area (Å²) in [4.78, 5) is 28.1. The van der Waals surface area contributed by atoms with Crippen LogP contribution in [-0.4, -0.2) is 25.1 Å². The van der Waals surface area contributed by atoms with Crippen molar-refractivity contribution in [2.45, 2.75) is 13.5 Å². The Morgan fingerprint density at radius 1 is 0.906 bits per heavy atom. The van der Waals surface area contributed by atoms with Gasteiger partial charge in [-0.15, -0.1) is 0 Å². The minimum absolute atomic E-state index is 0.152. The third kappa shape index (κ3) is 4.21. The van der Waals surface area contributed by atoms with E-state index in [-0.39, 0.29) is 18.0 Å². The number of carbonyl (C=O) groups excluding carboxylic acids is 1. The number of rotatable bonds is 6. The summed E-state index contributed by atoms with van der Waals surface area (Å²) in [5.41, 5.74) is 4.38. The van der Waals surface area contributed by atoms with Crippen molar-refractivity contribution in [1.29, 1.82) is 0 Å². The van der Waals surface area contributed by atoms with Crippen LogP contribution in [0, 0.1) is 6.92 Å². The van der Waals surface area contributed by atoms with Crippen LogP contribution in [0.5, 0.6) is 11.5 Å². The van der Waals surface area contributed by atoms with E-state index in [1.807, 2.05) is 61.5 Å². The summed E-state index contributed by atoms with van der Waals surface area (Å²) in [6, 6.07) is 20.5. The number of hydrogen-bond donors (Lipinski definition) is 2. The molecular formula is C26H24N2O4. The van der Waals surface area contributed by atoms with E-state index in [2.05, 4.69) is 10.3 Å². The van der Waals surface area contributed by atoms with E-state index in [1.165, 1.54) is 0 Å². The highest BCUT2D eigenvalue weighted by molar-refractivity contribution is 5.94. The molecule has 1 amide bonds. The number of H-pyrrole nitrogens is 1. The van der Waals surface area contributed by atoms with E-state index in [1.54, 1.807) is 26.4 Å². The lowest BCUT2D eigenvalue weighted by molar-refractivity contribution is 0.0951. The smallest absolute Gasteiger partial charge is 0.253 e. The molecule has 0 fully saturated rings. The monoisotopic (exact) mass is 428 g/mol. The summed E-state index contributed by atoms with van der Waals surface area (Å²) in [6.45, 7) is 2.05. The largest absolute Gasteiger partial charge is 0.497 e. The van der Waals surface area contributed by atoms with Crippen LogP contribution in [0.3, 0.4) is 0 Å². The Morgan fingerprint density at radius 2 is 1.56 bits per heavy atom. The molecule has 0 saturated heterocycles. The summed E-state index contributed by atoms with van der Waals surface area (Å²) in [6.07, 6.45) is 0. The van der Waals surface area contributed by atoms with Crippen molar-refractivity contribution in [2.75, 3.05) is 14.2 Å². The van der Waals surface area contributed by atoms with E-state index in [0.717, 1.165) is 27.6 Å². The third-order valence-corrected chi connectivity index (χ3v) is 5.56. The summed E-state index contributed by atoms with van der Waals surface area (Å²) in [5.74, 6) is 1.14. The Hall–Kier alpha value is -4.06. The highest BCUT2D eigenvalue weighted by Crippen LogP contribution is 2.30. The van der Waals surface area contributed by atoms with Crippen LogP contribution >= 0.6 is 0 Å². The van der Waals surface area contributed by atoms with Gasteiger partial charge in [0.25, 0.3) is 11.5 Å². The molecule has 0 atom stereocenters. The van der Waals surface area contributed by atoms with Crippen LogP contribution in [0.1, 0.15) is 21.5 Å². The van der Waals surface area contributed by atoms with Crippen molar-refractivity contribution in [3.05, 3.63) is 93.8 Å². The molecule has 6 heteroatoms. The van der Waals surface area contributed by atoms with Gasteiger partial charge >= 0.3 is 0 Å². The molecular weight excluding hydrogens is 404 g/mol. The van der Waals surface area contributed by atoms with Gasteiger partial charge in [0.2, 0.25) is 0 Å². The maximum Gasteiger partial charge on any atom is 0.253 e. The number of hydrogen-bond acceptors (Lipinski definition) is 4. The Balaban J connectivity index is 1.52. The topological polar surface area (TPSA) is 80.4 Å². The van der Waals surface area contributed by atoms with Crippen molar-refractivity contribution in [3.63, 3.8) is 0 Å². The summed E-state index contributed by atoms with van der Waals surface area (Å²) in [7, 11) is 3.21. The Kier molecular flexibility index (Phi) is 5.94. The first-order valence-corrected chi connectivity index (χ1v) is 10.2. The zero-order valence-corrected chi connectivity index (χ0v) is 18.2. The molecule has 0 spiro atoms. The van der Waals surface area contributed by atoms with Gasteiger partial charge in [-0.1, -0.05) is 30.3 Å². The number of ether oxygens (including phenoxy) is 2. The molecule has 0 aliphatic rings. The highest BCUT2D eigenvalue weighted by Gasteiger charge is 2.12. The molecule has 162 valence electrons. The van der Waals surface area contributed by atoms with Crippen LogP contribution in [0.25, 0.3) is 22.0 Å². The maximum atomic E-state index is 12.7. The number of para-hydroxylation sites is 1. The van der Waals surface area contributed by atoms with Gasteiger partial charge in [0, 0.05) is 34.6 Å². The molecule has 2 N–H and O–H groups in total. The van der Waals surface area contributed by atoms with Gasteiger partial charge in [-0.05, 0) is 53.9 Å². The Labute approximate surface area is 185 Å². The molecule has 32 heavy (non-hydrogen) atoms. The first-order chi connectivity index (χ1) is 15.5. The van der Waals surface area contributed by atoms with Crippen LogP contribution in [0.15, 0.2) is 71.5 Å². The van der Waals surface area contributed by atoms with E-state index in [0.29, 0.717) is 22.6 Å². The normalized spacial score (nSPS) is 10.7. The Bertz CT molecular complexity index is 1320. The molecule has 3 aromatic carbocycles. The molecule has 0 aliphatic carbocycles. The van der Waals surface area contributed by atoms with Crippen molar-refractivity contribution >= 4 is 16.8 Å². The molecule has 0 unspecified atom stereocenters. The van der Waals surface area contributed by atoms with Crippen LogP contribution < -0.4 is 20.3 Å². The number of aromatic nitrogens is 1. The minimum atomic E-state index is -0.244. The predicted octanol–water partition coefficient (Wildman–Crippen LogP) is 4.45. The first kappa shape index (κ1) is 21.2. The fourth-order valence-corrected chi connectivity index (χ4v) is 3.72. The molecule has 0 radical (unpaired) electrons. The van der Waals surface area contributed by atoms with Crippen LogP contribution in [-0.2, 0) is 6.54 Å².